The lowest BCUT2D eigenvalue weighted by Gasteiger charge is -2.10. The number of amides is 1. The molecule has 0 saturated carbocycles. The summed E-state index contributed by atoms with van der Waals surface area (Å²) < 4.78 is 1.47. The average Bonchev–Trinajstić information content (AvgIpc) is 3.17. The summed E-state index contributed by atoms with van der Waals surface area (Å²) in [6, 6.07) is 22.4. The van der Waals surface area contributed by atoms with Crippen molar-refractivity contribution in [3.63, 3.8) is 0 Å². The van der Waals surface area contributed by atoms with Gasteiger partial charge in [-0.3, -0.25) is 4.79 Å². The number of rotatable bonds is 8. The molecule has 1 atom stereocenters. The Morgan fingerprint density at radius 1 is 1.06 bits per heavy atom. The van der Waals surface area contributed by atoms with Crippen LogP contribution in [-0.2, 0) is 11.2 Å². The predicted molar refractivity (Wildman–Crippen MR) is 131 cm³/mol. The summed E-state index contributed by atoms with van der Waals surface area (Å²) in [6.45, 7) is 4.36. The van der Waals surface area contributed by atoms with Gasteiger partial charge in [-0.15, -0.1) is 10.2 Å². The van der Waals surface area contributed by atoms with Crippen molar-refractivity contribution in [3.05, 3.63) is 83.7 Å². The highest BCUT2D eigenvalue weighted by atomic mass is 32.2. The Kier molecular flexibility index (Phi) is 6.75. The fourth-order valence-corrected chi connectivity index (χ4v) is 4.28. The minimum Gasteiger partial charge on any atom is -0.336 e. The van der Waals surface area contributed by atoms with Crippen LogP contribution in [0.1, 0.15) is 43.1 Å². The number of aromatic nitrogens is 3. The summed E-state index contributed by atoms with van der Waals surface area (Å²) in [7, 11) is 0. The number of nitrogens with zero attached hydrogens (tertiary/aromatic N) is 3. The zero-order valence-electron chi connectivity index (χ0n) is 18.3. The minimum absolute atomic E-state index is 0.107. The van der Waals surface area contributed by atoms with Crippen LogP contribution in [0, 0.1) is 0 Å². The third kappa shape index (κ3) is 4.94. The van der Waals surface area contributed by atoms with E-state index in [0.29, 0.717) is 23.3 Å². The zero-order valence-corrected chi connectivity index (χ0v) is 19.1. The largest absolute Gasteiger partial charge is 0.336 e. The van der Waals surface area contributed by atoms with Gasteiger partial charge in [0, 0.05) is 12.1 Å². The molecule has 1 amide bonds. The molecule has 1 heterocycles. The number of carbonyl (C=O) groups excluding carboxylic acids is 1. The van der Waals surface area contributed by atoms with Gasteiger partial charge in [-0.2, -0.15) is 0 Å². The lowest BCUT2D eigenvalue weighted by molar-refractivity contribution is -0.113. The predicted octanol–water partition coefficient (Wildman–Crippen LogP) is 4.98. The van der Waals surface area contributed by atoms with E-state index >= 15 is 0 Å². The summed E-state index contributed by atoms with van der Waals surface area (Å²) in [5.41, 5.74) is 3.20. The van der Waals surface area contributed by atoms with E-state index in [9.17, 15) is 4.79 Å². The topological polar surface area (TPSA) is 85.8 Å². The number of carbonyl (C=O) groups is 1. The van der Waals surface area contributed by atoms with Gasteiger partial charge in [-0.1, -0.05) is 80.2 Å². The monoisotopic (exact) mass is 445 g/mol. The molecule has 164 valence electrons. The highest BCUT2D eigenvalue weighted by molar-refractivity contribution is 7.99. The highest BCUT2D eigenvalue weighted by Gasteiger charge is 2.14. The number of thioether (sulfide) groups is 1. The maximum Gasteiger partial charge on any atom is 0.234 e. The molecule has 32 heavy (non-hydrogen) atoms. The normalized spacial score (nSPS) is 12.1. The SMILES string of the molecule is CC[C@@H](C)c1ccc(NC(=O)CSc2nnc(Cc3cccc4ccccc34)n2N)cc1. The summed E-state index contributed by atoms with van der Waals surface area (Å²) in [6.07, 6.45) is 1.66. The lowest BCUT2D eigenvalue weighted by Crippen LogP contribution is -2.17. The first-order valence-electron chi connectivity index (χ1n) is 10.7. The van der Waals surface area contributed by atoms with Gasteiger partial charge in [0.25, 0.3) is 0 Å². The van der Waals surface area contributed by atoms with Gasteiger partial charge in [-0.05, 0) is 46.4 Å². The number of nitrogens with one attached hydrogen (secondary N) is 1. The van der Waals surface area contributed by atoms with Crippen LogP contribution in [0.3, 0.4) is 0 Å². The number of benzene rings is 3. The lowest BCUT2D eigenvalue weighted by atomic mass is 9.99. The first-order valence-corrected chi connectivity index (χ1v) is 11.7. The van der Waals surface area contributed by atoms with Crippen molar-refractivity contribution in [1.82, 2.24) is 14.9 Å². The summed E-state index contributed by atoms with van der Waals surface area (Å²) >= 11 is 1.27. The van der Waals surface area contributed by atoms with Crippen LogP contribution in [0.5, 0.6) is 0 Å². The Morgan fingerprint density at radius 3 is 2.59 bits per heavy atom. The minimum atomic E-state index is -0.107. The second kappa shape index (κ2) is 9.87. The molecule has 1 aromatic heterocycles. The fourth-order valence-electron chi connectivity index (χ4n) is 3.60. The Hall–Kier alpha value is -3.32. The number of hydrogen-bond acceptors (Lipinski definition) is 5. The quantitative estimate of drug-likeness (QED) is 0.295. The van der Waals surface area contributed by atoms with Gasteiger partial charge in [0.2, 0.25) is 11.1 Å². The maximum absolute atomic E-state index is 12.4. The van der Waals surface area contributed by atoms with Crippen LogP contribution >= 0.6 is 11.8 Å². The van der Waals surface area contributed by atoms with Gasteiger partial charge in [0.1, 0.15) is 0 Å². The van der Waals surface area contributed by atoms with Crippen LogP contribution in [0.4, 0.5) is 5.69 Å². The summed E-state index contributed by atoms with van der Waals surface area (Å²) in [4.78, 5) is 12.4. The molecule has 7 heteroatoms. The Bertz CT molecular complexity index is 1210. The van der Waals surface area contributed by atoms with Gasteiger partial charge in [-0.25, -0.2) is 4.68 Å². The number of nitrogen functional groups attached to an aromatic ring is 1. The first-order chi connectivity index (χ1) is 15.5. The van der Waals surface area contributed by atoms with E-state index in [4.69, 9.17) is 5.84 Å². The van der Waals surface area contributed by atoms with E-state index in [2.05, 4.69) is 65.8 Å². The molecule has 0 spiro atoms. The Morgan fingerprint density at radius 2 is 1.81 bits per heavy atom. The third-order valence-corrected chi connectivity index (χ3v) is 6.61. The van der Waals surface area contributed by atoms with E-state index in [1.165, 1.54) is 32.8 Å². The van der Waals surface area contributed by atoms with Crippen molar-refractivity contribution < 1.29 is 4.79 Å². The molecule has 0 saturated heterocycles. The molecule has 0 fully saturated rings. The smallest absolute Gasteiger partial charge is 0.234 e. The van der Waals surface area contributed by atoms with Gasteiger partial charge in [0.05, 0.1) is 5.75 Å². The molecule has 3 aromatic carbocycles. The molecule has 4 aromatic rings. The molecule has 6 nitrogen and oxygen atoms in total. The van der Waals surface area contributed by atoms with Crippen molar-refractivity contribution in [2.45, 2.75) is 37.8 Å². The van der Waals surface area contributed by atoms with Crippen LogP contribution in [0.2, 0.25) is 0 Å². The van der Waals surface area contributed by atoms with E-state index in [1.807, 2.05) is 30.3 Å². The van der Waals surface area contributed by atoms with Crippen LogP contribution in [-0.4, -0.2) is 26.5 Å². The molecule has 0 radical (unpaired) electrons. The number of nitrogens with two attached hydrogens (primary N) is 1. The van der Waals surface area contributed by atoms with Crippen LogP contribution < -0.4 is 11.2 Å². The second-order valence-electron chi connectivity index (χ2n) is 7.85. The van der Waals surface area contributed by atoms with Crippen molar-refractivity contribution >= 4 is 34.1 Å². The van der Waals surface area contributed by atoms with Crippen molar-refractivity contribution in [3.8, 4) is 0 Å². The molecule has 3 N–H and O–H groups in total. The second-order valence-corrected chi connectivity index (χ2v) is 8.79. The standard InChI is InChI=1S/C25H27N5OS/c1-3-17(2)18-11-13-21(14-12-18)27-24(31)16-32-25-29-28-23(30(25)26)15-20-9-6-8-19-7-4-5-10-22(19)20/h4-14,17H,3,15-16,26H2,1-2H3,(H,27,31)/t17-/m1/s1. The average molecular weight is 446 g/mol. The molecular formula is C25H27N5OS. The van der Waals surface area contributed by atoms with Crippen molar-refractivity contribution in [2.75, 3.05) is 16.9 Å². The van der Waals surface area contributed by atoms with Crippen molar-refractivity contribution in [1.29, 1.82) is 0 Å². The number of hydrogen-bond donors (Lipinski definition) is 2. The molecule has 0 unspecified atom stereocenters. The van der Waals surface area contributed by atoms with E-state index < -0.39 is 0 Å². The molecule has 0 aliphatic rings. The van der Waals surface area contributed by atoms with Gasteiger partial charge >= 0.3 is 0 Å². The van der Waals surface area contributed by atoms with Crippen molar-refractivity contribution in [2.24, 2.45) is 0 Å². The van der Waals surface area contributed by atoms with Crippen LogP contribution in [0.15, 0.2) is 71.9 Å². The summed E-state index contributed by atoms with van der Waals surface area (Å²) in [5.74, 6) is 7.50. The molecule has 4 rings (SSSR count). The zero-order chi connectivity index (χ0) is 22.5. The van der Waals surface area contributed by atoms with Gasteiger partial charge in [0.15, 0.2) is 5.82 Å². The Labute approximate surface area is 192 Å². The van der Waals surface area contributed by atoms with E-state index in [-0.39, 0.29) is 11.7 Å². The fraction of sp³-hybridized carbons (Fsp3) is 0.240. The molecular weight excluding hydrogens is 418 g/mol. The first kappa shape index (κ1) is 21.9. The number of anilines is 1. The maximum atomic E-state index is 12.4. The molecule has 0 bridgehead atoms. The number of fused-ring (bicyclic) bond motifs is 1. The van der Waals surface area contributed by atoms with Crippen LogP contribution in [0.25, 0.3) is 10.8 Å². The van der Waals surface area contributed by atoms with Gasteiger partial charge < -0.3 is 11.2 Å². The summed E-state index contributed by atoms with van der Waals surface area (Å²) in [5, 5.41) is 14.2. The van der Waals surface area contributed by atoms with E-state index in [1.54, 1.807) is 0 Å². The van der Waals surface area contributed by atoms with E-state index in [0.717, 1.165) is 17.7 Å². The highest BCUT2D eigenvalue weighted by Crippen LogP contribution is 2.23. The third-order valence-electron chi connectivity index (χ3n) is 5.67. The molecule has 0 aliphatic carbocycles. The Balaban J connectivity index is 1.37. The molecule has 0 aliphatic heterocycles.